The molecular formula is C13H18F2N2. The molecule has 1 aliphatic rings. The second-order valence-corrected chi connectivity index (χ2v) is 5.02. The topological polar surface area (TPSA) is 29.3 Å². The molecule has 17 heavy (non-hydrogen) atoms. The largest absolute Gasteiger partial charge is 0.399 e. The number of piperidine rings is 1. The van der Waals surface area contributed by atoms with Gasteiger partial charge in [0.05, 0.1) is 0 Å². The van der Waals surface area contributed by atoms with Gasteiger partial charge < -0.3 is 10.6 Å². The number of nitrogens with zero attached hydrogens (tertiary/aromatic N) is 1. The van der Waals surface area contributed by atoms with Crippen molar-refractivity contribution in [2.24, 2.45) is 5.92 Å². The lowest BCUT2D eigenvalue weighted by molar-refractivity contribution is 0.382. The molecule has 0 amide bonds. The molecule has 2 rings (SSSR count). The maximum atomic E-state index is 13.8. The Morgan fingerprint density at radius 3 is 2.35 bits per heavy atom. The third-order valence-electron chi connectivity index (χ3n) is 3.44. The van der Waals surface area contributed by atoms with E-state index in [0.717, 1.165) is 12.8 Å². The average molecular weight is 240 g/mol. The zero-order valence-corrected chi connectivity index (χ0v) is 10.2. The average Bonchev–Trinajstić information content (AvgIpc) is 2.21. The molecule has 2 N–H and O–H groups in total. The van der Waals surface area contributed by atoms with Crippen molar-refractivity contribution in [3.05, 3.63) is 23.8 Å². The Morgan fingerprint density at radius 2 is 1.76 bits per heavy atom. The van der Waals surface area contributed by atoms with E-state index >= 15 is 0 Å². The number of rotatable bonds is 1. The first-order valence-electron chi connectivity index (χ1n) is 6.00. The number of nitrogen functional groups attached to an aromatic ring is 1. The van der Waals surface area contributed by atoms with Crippen LogP contribution in [-0.4, -0.2) is 12.6 Å². The van der Waals surface area contributed by atoms with Gasteiger partial charge in [0, 0.05) is 18.3 Å². The Hall–Kier alpha value is -1.32. The minimum Gasteiger partial charge on any atom is -0.399 e. The van der Waals surface area contributed by atoms with Crippen LogP contribution < -0.4 is 10.6 Å². The number of halogens is 2. The molecule has 1 aliphatic heterocycles. The lowest BCUT2D eigenvalue weighted by Gasteiger charge is -2.38. The maximum Gasteiger partial charge on any atom is 0.151 e. The predicted octanol–water partition coefficient (Wildman–Crippen LogP) is 3.17. The van der Waals surface area contributed by atoms with E-state index in [9.17, 15) is 8.78 Å². The van der Waals surface area contributed by atoms with Crippen molar-refractivity contribution in [2.75, 3.05) is 17.2 Å². The van der Waals surface area contributed by atoms with E-state index in [0.29, 0.717) is 12.5 Å². The fourth-order valence-corrected chi connectivity index (χ4v) is 2.46. The summed E-state index contributed by atoms with van der Waals surface area (Å²) >= 11 is 0. The minimum absolute atomic E-state index is 0.0678. The Morgan fingerprint density at radius 1 is 1.18 bits per heavy atom. The third-order valence-corrected chi connectivity index (χ3v) is 3.44. The molecule has 2 nitrogen and oxygen atoms in total. The van der Waals surface area contributed by atoms with E-state index in [1.54, 1.807) is 0 Å². The molecule has 2 unspecified atom stereocenters. The first-order valence-corrected chi connectivity index (χ1v) is 6.00. The molecule has 0 aliphatic carbocycles. The van der Waals surface area contributed by atoms with Gasteiger partial charge in [-0.1, -0.05) is 6.92 Å². The summed E-state index contributed by atoms with van der Waals surface area (Å²) in [5.41, 5.74) is 5.62. The van der Waals surface area contributed by atoms with Crippen LogP contribution in [0.15, 0.2) is 12.1 Å². The molecule has 0 bridgehead atoms. The molecule has 0 spiro atoms. The van der Waals surface area contributed by atoms with Crippen LogP contribution in [0.25, 0.3) is 0 Å². The minimum atomic E-state index is -0.566. The van der Waals surface area contributed by atoms with E-state index in [1.807, 2.05) is 11.8 Å². The van der Waals surface area contributed by atoms with Gasteiger partial charge in [-0.05, 0) is 37.8 Å². The van der Waals surface area contributed by atoms with Gasteiger partial charge in [-0.15, -0.1) is 0 Å². The molecule has 4 heteroatoms. The van der Waals surface area contributed by atoms with E-state index in [2.05, 4.69) is 6.92 Å². The highest BCUT2D eigenvalue weighted by atomic mass is 19.1. The van der Waals surface area contributed by atoms with Crippen molar-refractivity contribution in [1.82, 2.24) is 0 Å². The van der Waals surface area contributed by atoms with Crippen LogP contribution in [0, 0.1) is 17.6 Å². The van der Waals surface area contributed by atoms with Gasteiger partial charge in [0.1, 0.15) is 5.69 Å². The lowest BCUT2D eigenvalue weighted by Crippen LogP contribution is -2.42. The molecule has 0 radical (unpaired) electrons. The first kappa shape index (κ1) is 12.1. The van der Waals surface area contributed by atoms with Crippen LogP contribution in [0.1, 0.15) is 26.7 Å². The Bertz CT molecular complexity index is 397. The summed E-state index contributed by atoms with van der Waals surface area (Å²) in [5.74, 6) is -0.672. The quantitative estimate of drug-likeness (QED) is 0.764. The smallest absolute Gasteiger partial charge is 0.151 e. The van der Waals surface area contributed by atoms with Gasteiger partial charge in [-0.3, -0.25) is 0 Å². The molecule has 0 aromatic heterocycles. The van der Waals surface area contributed by atoms with Crippen LogP contribution in [0.5, 0.6) is 0 Å². The van der Waals surface area contributed by atoms with Crippen molar-refractivity contribution in [3.8, 4) is 0 Å². The lowest BCUT2D eigenvalue weighted by atomic mass is 9.94. The zero-order chi connectivity index (χ0) is 12.6. The summed E-state index contributed by atoms with van der Waals surface area (Å²) in [7, 11) is 0. The molecule has 0 saturated carbocycles. The second kappa shape index (κ2) is 4.51. The van der Waals surface area contributed by atoms with Crippen molar-refractivity contribution in [1.29, 1.82) is 0 Å². The summed E-state index contributed by atoms with van der Waals surface area (Å²) in [6, 6.07) is 2.54. The fourth-order valence-electron chi connectivity index (χ4n) is 2.46. The monoisotopic (exact) mass is 240 g/mol. The van der Waals surface area contributed by atoms with Crippen molar-refractivity contribution in [2.45, 2.75) is 32.7 Å². The van der Waals surface area contributed by atoms with E-state index in [1.165, 1.54) is 12.1 Å². The number of nitrogens with two attached hydrogens (primary N) is 1. The van der Waals surface area contributed by atoms with E-state index in [4.69, 9.17) is 5.73 Å². The summed E-state index contributed by atoms with van der Waals surface area (Å²) in [6.45, 7) is 4.80. The molecule has 1 saturated heterocycles. The van der Waals surface area contributed by atoms with Crippen LogP contribution >= 0.6 is 0 Å². The van der Waals surface area contributed by atoms with Crippen LogP contribution in [-0.2, 0) is 0 Å². The van der Waals surface area contributed by atoms with Crippen LogP contribution in [0.2, 0.25) is 0 Å². The molecule has 1 aromatic carbocycles. The highest BCUT2D eigenvalue weighted by molar-refractivity contribution is 5.56. The first-order chi connectivity index (χ1) is 7.99. The summed E-state index contributed by atoms with van der Waals surface area (Å²) in [4.78, 5) is 1.82. The molecule has 1 heterocycles. The summed E-state index contributed by atoms with van der Waals surface area (Å²) in [6.07, 6.45) is 2.07. The number of hydrogen-bond donors (Lipinski definition) is 1. The van der Waals surface area contributed by atoms with Crippen molar-refractivity contribution in [3.63, 3.8) is 0 Å². The highest BCUT2D eigenvalue weighted by Crippen LogP contribution is 2.32. The van der Waals surface area contributed by atoms with Crippen molar-refractivity contribution < 1.29 is 8.78 Å². The third kappa shape index (κ3) is 2.35. The fraction of sp³-hybridized carbons (Fsp3) is 0.538. The van der Waals surface area contributed by atoms with Crippen LogP contribution in [0.3, 0.4) is 0 Å². The van der Waals surface area contributed by atoms with Gasteiger partial charge in [0.15, 0.2) is 11.6 Å². The summed E-state index contributed by atoms with van der Waals surface area (Å²) < 4.78 is 27.7. The van der Waals surface area contributed by atoms with Gasteiger partial charge in [0.2, 0.25) is 0 Å². The van der Waals surface area contributed by atoms with Gasteiger partial charge in [-0.25, -0.2) is 8.78 Å². The zero-order valence-electron chi connectivity index (χ0n) is 10.2. The van der Waals surface area contributed by atoms with Gasteiger partial charge in [0.25, 0.3) is 0 Å². The molecule has 94 valence electrons. The number of hydrogen-bond acceptors (Lipinski definition) is 2. The predicted molar refractivity (Wildman–Crippen MR) is 66.0 cm³/mol. The van der Waals surface area contributed by atoms with Gasteiger partial charge in [-0.2, -0.15) is 0 Å². The van der Waals surface area contributed by atoms with E-state index < -0.39 is 11.6 Å². The van der Waals surface area contributed by atoms with E-state index in [-0.39, 0.29) is 17.4 Å². The molecule has 1 aromatic rings. The number of benzene rings is 1. The summed E-state index contributed by atoms with van der Waals surface area (Å²) in [5, 5.41) is 0. The Kier molecular flexibility index (Phi) is 3.22. The Labute approximate surface area is 100 Å². The Balaban J connectivity index is 2.38. The molecular weight excluding hydrogens is 222 g/mol. The maximum absolute atomic E-state index is 13.8. The second-order valence-electron chi connectivity index (χ2n) is 5.02. The normalized spacial score (nSPS) is 25.1. The van der Waals surface area contributed by atoms with Crippen molar-refractivity contribution >= 4 is 11.4 Å². The standard InChI is InChI=1S/C13H18F2N2/c1-8-3-4-9(2)17(7-8)13-11(14)5-10(16)6-12(13)15/h5-6,8-9H,3-4,7,16H2,1-2H3. The van der Waals surface area contributed by atoms with Gasteiger partial charge >= 0.3 is 0 Å². The number of anilines is 2. The highest BCUT2D eigenvalue weighted by Gasteiger charge is 2.27. The SMILES string of the molecule is CC1CCC(C)N(c2c(F)cc(N)cc2F)C1. The van der Waals surface area contributed by atoms with Crippen LogP contribution in [0.4, 0.5) is 20.2 Å². The molecule has 1 fully saturated rings. The molecule has 2 atom stereocenters.